The van der Waals surface area contributed by atoms with E-state index in [0.717, 1.165) is 12.8 Å². The van der Waals surface area contributed by atoms with E-state index in [1.807, 2.05) is 13.0 Å². The average Bonchev–Trinajstić information content (AvgIpc) is 2.55. The molecule has 0 spiro atoms. The van der Waals surface area contributed by atoms with Gasteiger partial charge in [-0.2, -0.15) is 5.26 Å². The number of carbonyl (C=O) groups excluding carboxylic acids is 3. The summed E-state index contributed by atoms with van der Waals surface area (Å²) in [7, 11) is 0. The average molecular weight is 330 g/mol. The Hall–Kier alpha value is -2.88. The molecular formula is C17H22N4O3. The van der Waals surface area contributed by atoms with E-state index in [4.69, 9.17) is 5.26 Å². The highest BCUT2D eigenvalue weighted by molar-refractivity contribution is 5.99. The number of benzene rings is 1. The van der Waals surface area contributed by atoms with Crippen molar-refractivity contribution in [2.75, 3.05) is 11.9 Å². The van der Waals surface area contributed by atoms with Gasteiger partial charge in [-0.05, 0) is 24.6 Å². The molecule has 0 aliphatic heterocycles. The molecule has 0 fully saturated rings. The molecule has 0 aromatic heterocycles. The van der Waals surface area contributed by atoms with Gasteiger partial charge < -0.3 is 16.0 Å². The summed E-state index contributed by atoms with van der Waals surface area (Å²) < 4.78 is 0. The van der Waals surface area contributed by atoms with Gasteiger partial charge in [0.1, 0.15) is 12.6 Å². The predicted octanol–water partition coefficient (Wildman–Crippen LogP) is 1.57. The highest BCUT2D eigenvalue weighted by atomic mass is 16.2. The SMILES string of the molecule is CCCCC(NC(=O)c1cccc(NC(C)=O)c1)C(=O)NCC#N. The van der Waals surface area contributed by atoms with Crippen LogP contribution in [0.2, 0.25) is 0 Å². The number of unbranched alkanes of at least 4 members (excludes halogenated alkanes) is 1. The molecule has 3 amide bonds. The summed E-state index contributed by atoms with van der Waals surface area (Å²) in [6, 6.07) is 7.60. The van der Waals surface area contributed by atoms with Crippen molar-refractivity contribution in [3.63, 3.8) is 0 Å². The number of rotatable bonds is 8. The molecule has 0 heterocycles. The van der Waals surface area contributed by atoms with Crippen molar-refractivity contribution < 1.29 is 14.4 Å². The highest BCUT2D eigenvalue weighted by Gasteiger charge is 2.20. The quantitative estimate of drug-likeness (QED) is 0.628. The normalized spacial score (nSPS) is 11.0. The van der Waals surface area contributed by atoms with Crippen molar-refractivity contribution >= 4 is 23.4 Å². The van der Waals surface area contributed by atoms with E-state index in [2.05, 4.69) is 16.0 Å². The Kier molecular flexibility index (Phi) is 7.99. The van der Waals surface area contributed by atoms with Crippen LogP contribution in [-0.2, 0) is 9.59 Å². The zero-order valence-electron chi connectivity index (χ0n) is 13.9. The maximum Gasteiger partial charge on any atom is 0.252 e. The first-order valence-electron chi connectivity index (χ1n) is 7.81. The van der Waals surface area contributed by atoms with Crippen molar-refractivity contribution in [1.29, 1.82) is 5.26 Å². The van der Waals surface area contributed by atoms with E-state index in [1.54, 1.807) is 24.3 Å². The van der Waals surface area contributed by atoms with Crippen LogP contribution >= 0.6 is 0 Å². The smallest absolute Gasteiger partial charge is 0.252 e. The summed E-state index contributed by atoms with van der Waals surface area (Å²) in [6.45, 7) is 3.27. The topological polar surface area (TPSA) is 111 Å². The Bertz CT molecular complexity index is 637. The Balaban J connectivity index is 2.81. The van der Waals surface area contributed by atoms with E-state index in [0.29, 0.717) is 17.7 Å². The fraction of sp³-hybridized carbons (Fsp3) is 0.412. The number of amides is 3. The van der Waals surface area contributed by atoms with Crippen molar-refractivity contribution in [3.8, 4) is 6.07 Å². The van der Waals surface area contributed by atoms with Crippen LogP contribution in [0.3, 0.4) is 0 Å². The van der Waals surface area contributed by atoms with Crippen LogP contribution in [0.1, 0.15) is 43.5 Å². The van der Waals surface area contributed by atoms with Gasteiger partial charge in [-0.25, -0.2) is 0 Å². The molecule has 0 saturated heterocycles. The Morgan fingerprint density at radius 3 is 2.67 bits per heavy atom. The zero-order valence-corrected chi connectivity index (χ0v) is 13.9. The number of hydrogen-bond donors (Lipinski definition) is 3. The van der Waals surface area contributed by atoms with Crippen molar-refractivity contribution in [2.45, 2.75) is 39.2 Å². The lowest BCUT2D eigenvalue weighted by Gasteiger charge is -2.17. The van der Waals surface area contributed by atoms with E-state index in [-0.39, 0.29) is 18.4 Å². The first-order valence-corrected chi connectivity index (χ1v) is 7.81. The van der Waals surface area contributed by atoms with Gasteiger partial charge >= 0.3 is 0 Å². The van der Waals surface area contributed by atoms with E-state index >= 15 is 0 Å². The molecule has 24 heavy (non-hydrogen) atoms. The second-order valence-corrected chi connectivity index (χ2v) is 5.31. The molecule has 7 nitrogen and oxygen atoms in total. The van der Waals surface area contributed by atoms with Crippen LogP contribution in [0.4, 0.5) is 5.69 Å². The van der Waals surface area contributed by atoms with Crippen molar-refractivity contribution in [2.24, 2.45) is 0 Å². The summed E-state index contributed by atoms with van der Waals surface area (Å²) in [5, 5.41) is 16.3. The summed E-state index contributed by atoms with van der Waals surface area (Å²) >= 11 is 0. The van der Waals surface area contributed by atoms with E-state index < -0.39 is 11.9 Å². The number of nitrogens with one attached hydrogen (secondary N) is 3. The van der Waals surface area contributed by atoms with Gasteiger partial charge in [0, 0.05) is 18.2 Å². The molecule has 1 atom stereocenters. The molecule has 0 saturated carbocycles. The number of nitriles is 1. The van der Waals surface area contributed by atoms with Gasteiger partial charge in [-0.15, -0.1) is 0 Å². The lowest BCUT2D eigenvalue weighted by molar-refractivity contribution is -0.123. The number of nitrogens with zero attached hydrogens (tertiary/aromatic N) is 1. The van der Waals surface area contributed by atoms with Crippen molar-refractivity contribution in [1.82, 2.24) is 10.6 Å². The molecule has 1 aromatic rings. The Morgan fingerprint density at radius 2 is 2.04 bits per heavy atom. The minimum absolute atomic E-state index is 0.102. The standard InChI is InChI=1S/C17H22N4O3/c1-3-4-8-15(17(24)19-10-9-18)21-16(23)13-6-5-7-14(11-13)20-12(2)22/h5-7,11,15H,3-4,8,10H2,1-2H3,(H,19,24)(H,20,22)(H,21,23). The maximum absolute atomic E-state index is 12.4. The van der Waals surface area contributed by atoms with Crippen LogP contribution in [0.15, 0.2) is 24.3 Å². The molecule has 0 radical (unpaired) electrons. The fourth-order valence-electron chi connectivity index (χ4n) is 2.11. The van der Waals surface area contributed by atoms with Crippen LogP contribution in [0.5, 0.6) is 0 Å². The van der Waals surface area contributed by atoms with Crippen LogP contribution in [0.25, 0.3) is 0 Å². The summed E-state index contributed by atoms with van der Waals surface area (Å²) in [6.07, 6.45) is 2.15. The molecule has 0 aliphatic rings. The van der Waals surface area contributed by atoms with Crippen LogP contribution in [-0.4, -0.2) is 30.3 Å². The Labute approximate surface area is 141 Å². The summed E-state index contributed by atoms with van der Waals surface area (Å²) in [4.78, 5) is 35.5. The van der Waals surface area contributed by atoms with Gasteiger partial charge in [0.25, 0.3) is 5.91 Å². The first kappa shape index (κ1) is 19.2. The minimum atomic E-state index is -0.699. The number of anilines is 1. The van der Waals surface area contributed by atoms with Gasteiger partial charge in [-0.1, -0.05) is 25.8 Å². The third-order valence-corrected chi connectivity index (χ3v) is 3.25. The molecule has 0 aliphatic carbocycles. The van der Waals surface area contributed by atoms with Gasteiger partial charge in [0.05, 0.1) is 6.07 Å². The maximum atomic E-state index is 12.4. The lowest BCUT2D eigenvalue weighted by atomic mass is 10.1. The molecule has 1 rings (SSSR count). The summed E-state index contributed by atoms with van der Waals surface area (Å²) in [5.74, 6) is -1.02. The van der Waals surface area contributed by atoms with Crippen LogP contribution < -0.4 is 16.0 Å². The first-order chi connectivity index (χ1) is 11.5. The number of carbonyl (C=O) groups is 3. The number of hydrogen-bond acceptors (Lipinski definition) is 4. The lowest BCUT2D eigenvalue weighted by Crippen LogP contribution is -2.46. The summed E-state index contributed by atoms with van der Waals surface area (Å²) in [5.41, 5.74) is 0.852. The Morgan fingerprint density at radius 1 is 1.29 bits per heavy atom. The van der Waals surface area contributed by atoms with Gasteiger partial charge in [0.2, 0.25) is 11.8 Å². The van der Waals surface area contributed by atoms with E-state index in [1.165, 1.54) is 6.92 Å². The second-order valence-electron chi connectivity index (χ2n) is 5.31. The monoisotopic (exact) mass is 330 g/mol. The van der Waals surface area contributed by atoms with Gasteiger partial charge in [-0.3, -0.25) is 14.4 Å². The van der Waals surface area contributed by atoms with Crippen molar-refractivity contribution in [3.05, 3.63) is 29.8 Å². The predicted molar refractivity (Wildman–Crippen MR) is 90.1 cm³/mol. The fourth-order valence-corrected chi connectivity index (χ4v) is 2.11. The largest absolute Gasteiger partial charge is 0.341 e. The molecule has 3 N–H and O–H groups in total. The molecular weight excluding hydrogens is 308 g/mol. The minimum Gasteiger partial charge on any atom is -0.341 e. The third kappa shape index (κ3) is 6.48. The molecule has 1 aromatic carbocycles. The highest BCUT2D eigenvalue weighted by Crippen LogP contribution is 2.11. The molecule has 1 unspecified atom stereocenters. The zero-order chi connectivity index (χ0) is 17.9. The van der Waals surface area contributed by atoms with E-state index in [9.17, 15) is 14.4 Å². The molecule has 128 valence electrons. The second kappa shape index (κ2) is 10.0. The third-order valence-electron chi connectivity index (χ3n) is 3.25. The van der Waals surface area contributed by atoms with Gasteiger partial charge in [0.15, 0.2) is 0 Å². The molecule has 7 heteroatoms. The molecule has 0 bridgehead atoms. The van der Waals surface area contributed by atoms with Crippen LogP contribution in [0, 0.1) is 11.3 Å².